The summed E-state index contributed by atoms with van der Waals surface area (Å²) in [6.45, 7) is 6.06. The van der Waals surface area contributed by atoms with Crippen LogP contribution in [0.15, 0.2) is 48.5 Å². The molecule has 0 aliphatic heterocycles. The first-order chi connectivity index (χ1) is 13.4. The summed E-state index contributed by atoms with van der Waals surface area (Å²) in [7, 11) is 3.95. The number of carbonyl (C=O) groups excluding carboxylic acids is 2. The second-order valence-electron chi connectivity index (χ2n) is 6.63. The van der Waals surface area contributed by atoms with E-state index in [1.165, 1.54) is 0 Å². The summed E-state index contributed by atoms with van der Waals surface area (Å²) < 4.78 is 5.11. The molecule has 0 radical (unpaired) electrons. The van der Waals surface area contributed by atoms with Crippen molar-refractivity contribution in [1.29, 1.82) is 0 Å². The van der Waals surface area contributed by atoms with Crippen molar-refractivity contribution in [2.75, 3.05) is 43.6 Å². The number of rotatable bonds is 9. The van der Waals surface area contributed by atoms with Crippen molar-refractivity contribution < 1.29 is 14.3 Å². The van der Waals surface area contributed by atoms with Gasteiger partial charge in [-0.1, -0.05) is 12.1 Å². The minimum Gasteiger partial charge on any atom is -0.452 e. The Hall–Kier alpha value is -3.02. The van der Waals surface area contributed by atoms with E-state index in [0.717, 1.165) is 30.0 Å². The van der Waals surface area contributed by atoms with E-state index in [1.54, 1.807) is 12.1 Å². The predicted molar refractivity (Wildman–Crippen MR) is 113 cm³/mol. The second-order valence-corrected chi connectivity index (χ2v) is 6.63. The summed E-state index contributed by atoms with van der Waals surface area (Å²) in [6.07, 6.45) is 0. The molecule has 0 heterocycles. The van der Waals surface area contributed by atoms with Gasteiger partial charge in [-0.2, -0.15) is 0 Å². The first-order valence-electron chi connectivity index (χ1n) is 9.49. The molecule has 28 heavy (non-hydrogen) atoms. The third-order valence-electron chi connectivity index (χ3n) is 4.51. The zero-order chi connectivity index (χ0) is 20.5. The molecular weight excluding hydrogens is 354 g/mol. The van der Waals surface area contributed by atoms with Gasteiger partial charge in [0.25, 0.3) is 5.91 Å². The molecule has 2 aromatic carbocycles. The van der Waals surface area contributed by atoms with E-state index in [9.17, 15) is 9.59 Å². The molecular formula is C22H29N3O3. The van der Waals surface area contributed by atoms with Gasteiger partial charge in [-0.15, -0.1) is 0 Å². The highest BCUT2D eigenvalue weighted by Gasteiger charge is 2.11. The molecule has 0 saturated heterocycles. The number of ether oxygens (including phenoxy) is 1. The van der Waals surface area contributed by atoms with Crippen LogP contribution < -0.4 is 15.1 Å². The summed E-state index contributed by atoms with van der Waals surface area (Å²) in [4.78, 5) is 28.3. The lowest BCUT2D eigenvalue weighted by Gasteiger charge is -2.20. The molecule has 0 bridgehead atoms. The largest absolute Gasteiger partial charge is 0.452 e. The third-order valence-corrected chi connectivity index (χ3v) is 4.51. The fraction of sp³-hybridized carbons (Fsp3) is 0.364. The van der Waals surface area contributed by atoms with Crippen LogP contribution in [0.4, 0.5) is 11.4 Å². The maximum atomic E-state index is 12.1. The van der Waals surface area contributed by atoms with E-state index in [2.05, 4.69) is 24.1 Å². The summed E-state index contributed by atoms with van der Waals surface area (Å²) >= 11 is 0. The highest BCUT2D eigenvalue weighted by atomic mass is 16.5. The van der Waals surface area contributed by atoms with Gasteiger partial charge in [0, 0.05) is 45.1 Å². The average molecular weight is 383 g/mol. The number of esters is 1. The van der Waals surface area contributed by atoms with Crippen LogP contribution in [-0.4, -0.2) is 45.7 Å². The third kappa shape index (κ3) is 6.01. The van der Waals surface area contributed by atoms with Crippen LogP contribution in [0.25, 0.3) is 0 Å². The molecule has 0 atom stereocenters. The van der Waals surface area contributed by atoms with Crippen molar-refractivity contribution in [3.63, 3.8) is 0 Å². The molecule has 1 N–H and O–H groups in total. The van der Waals surface area contributed by atoms with E-state index in [4.69, 9.17) is 4.74 Å². The summed E-state index contributed by atoms with van der Waals surface area (Å²) in [5, 5.41) is 2.76. The molecule has 150 valence electrons. The number of carbonyl (C=O) groups is 2. The van der Waals surface area contributed by atoms with Gasteiger partial charge >= 0.3 is 5.97 Å². The zero-order valence-electron chi connectivity index (χ0n) is 17.1. The van der Waals surface area contributed by atoms with Crippen LogP contribution >= 0.6 is 0 Å². The molecule has 6 nitrogen and oxygen atoms in total. The Morgan fingerprint density at radius 1 is 0.893 bits per heavy atom. The lowest BCUT2D eigenvalue weighted by molar-refractivity contribution is -0.124. The van der Waals surface area contributed by atoms with Crippen molar-refractivity contribution >= 4 is 23.3 Å². The van der Waals surface area contributed by atoms with Crippen molar-refractivity contribution in [2.24, 2.45) is 0 Å². The average Bonchev–Trinajstić information content (AvgIpc) is 2.72. The van der Waals surface area contributed by atoms with E-state index in [-0.39, 0.29) is 12.5 Å². The van der Waals surface area contributed by atoms with Crippen molar-refractivity contribution in [1.82, 2.24) is 5.32 Å². The number of hydrogen-bond donors (Lipinski definition) is 1. The number of nitrogens with zero attached hydrogens (tertiary/aromatic N) is 2. The molecule has 0 spiro atoms. The van der Waals surface area contributed by atoms with E-state index < -0.39 is 5.97 Å². The standard InChI is InChI=1S/C22H29N3O3/c1-5-25(6-2)20-13-9-18(10-14-20)22(27)28-16-21(26)23-15-17-7-11-19(12-8-17)24(3)4/h7-14H,5-6,15-16H2,1-4H3,(H,23,26). The number of benzene rings is 2. The molecule has 6 heteroatoms. The minimum absolute atomic E-state index is 0.299. The Kier molecular flexibility index (Phi) is 7.87. The fourth-order valence-corrected chi connectivity index (χ4v) is 2.78. The lowest BCUT2D eigenvalue weighted by atomic mass is 10.2. The SMILES string of the molecule is CCN(CC)c1ccc(C(=O)OCC(=O)NCc2ccc(N(C)C)cc2)cc1. The molecule has 2 aromatic rings. The van der Waals surface area contributed by atoms with E-state index in [0.29, 0.717) is 12.1 Å². The van der Waals surface area contributed by atoms with Crippen molar-refractivity contribution in [2.45, 2.75) is 20.4 Å². The summed E-state index contributed by atoms with van der Waals surface area (Å²) in [5.41, 5.74) is 3.57. The van der Waals surface area contributed by atoms with Crippen LogP contribution in [0.5, 0.6) is 0 Å². The quantitative estimate of drug-likeness (QED) is 0.675. The van der Waals surface area contributed by atoms with Crippen LogP contribution in [-0.2, 0) is 16.1 Å². The Balaban J connectivity index is 1.79. The Morgan fingerprint density at radius 2 is 1.46 bits per heavy atom. The van der Waals surface area contributed by atoms with Crippen LogP contribution in [0.2, 0.25) is 0 Å². The number of anilines is 2. The molecule has 1 amide bonds. The monoisotopic (exact) mass is 383 g/mol. The van der Waals surface area contributed by atoms with Gasteiger partial charge in [0.2, 0.25) is 0 Å². The molecule has 0 fully saturated rings. The normalized spacial score (nSPS) is 10.3. The van der Waals surface area contributed by atoms with Gasteiger partial charge in [-0.3, -0.25) is 4.79 Å². The zero-order valence-corrected chi connectivity index (χ0v) is 17.1. The van der Waals surface area contributed by atoms with Gasteiger partial charge in [0.1, 0.15) is 0 Å². The maximum Gasteiger partial charge on any atom is 0.338 e. The number of hydrogen-bond acceptors (Lipinski definition) is 5. The van der Waals surface area contributed by atoms with Gasteiger partial charge in [0.15, 0.2) is 6.61 Å². The summed E-state index contributed by atoms with van der Waals surface area (Å²) in [5.74, 6) is -0.832. The van der Waals surface area contributed by atoms with Crippen molar-refractivity contribution in [3.05, 3.63) is 59.7 Å². The Morgan fingerprint density at radius 3 is 2.00 bits per heavy atom. The maximum absolute atomic E-state index is 12.1. The van der Waals surface area contributed by atoms with Gasteiger partial charge < -0.3 is 19.9 Å². The Bertz CT molecular complexity index is 767. The lowest BCUT2D eigenvalue weighted by Crippen LogP contribution is -2.28. The number of amides is 1. The van der Waals surface area contributed by atoms with Crippen LogP contribution in [0.1, 0.15) is 29.8 Å². The molecule has 0 aliphatic rings. The van der Waals surface area contributed by atoms with Crippen LogP contribution in [0.3, 0.4) is 0 Å². The van der Waals surface area contributed by atoms with E-state index >= 15 is 0 Å². The predicted octanol–water partition coefficient (Wildman–Crippen LogP) is 3.07. The Labute approximate surface area is 167 Å². The highest BCUT2D eigenvalue weighted by Crippen LogP contribution is 2.15. The number of nitrogens with one attached hydrogen (secondary N) is 1. The smallest absolute Gasteiger partial charge is 0.338 e. The minimum atomic E-state index is -0.503. The molecule has 0 aliphatic carbocycles. The first-order valence-corrected chi connectivity index (χ1v) is 9.49. The second kappa shape index (κ2) is 10.3. The fourth-order valence-electron chi connectivity index (χ4n) is 2.78. The van der Waals surface area contributed by atoms with Gasteiger partial charge in [-0.25, -0.2) is 4.79 Å². The first kappa shape index (κ1) is 21.3. The molecule has 0 aromatic heterocycles. The topological polar surface area (TPSA) is 61.9 Å². The van der Waals surface area contributed by atoms with Crippen LogP contribution in [0, 0.1) is 0 Å². The van der Waals surface area contributed by atoms with Gasteiger partial charge in [0.05, 0.1) is 5.56 Å². The van der Waals surface area contributed by atoms with E-state index in [1.807, 2.05) is 55.4 Å². The van der Waals surface area contributed by atoms with Crippen molar-refractivity contribution in [3.8, 4) is 0 Å². The molecule has 0 unspecified atom stereocenters. The molecule has 0 saturated carbocycles. The summed E-state index contributed by atoms with van der Waals surface area (Å²) in [6, 6.07) is 15.1. The molecule has 2 rings (SSSR count). The highest BCUT2D eigenvalue weighted by molar-refractivity contribution is 5.91. The van der Waals surface area contributed by atoms with Gasteiger partial charge in [-0.05, 0) is 55.8 Å².